The molecule has 1 unspecified atom stereocenters. The van der Waals surface area contributed by atoms with Crippen LogP contribution >= 0.6 is 15.9 Å². The Morgan fingerprint density at radius 1 is 1.47 bits per heavy atom. The predicted octanol–water partition coefficient (Wildman–Crippen LogP) is 1.87. The zero-order valence-corrected chi connectivity index (χ0v) is 11.1. The molecule has 1 aromatic heterocycles. The normalized spacial score (nSPS) is 31.5. The van der Waals surface area contributed by atoms with Crippen molar-refractivity contribution in [2.24, 2.45) is 5.92 Å². The van der Waals surface area contributed by atoms with Crippen LogP contribution in [0.1, 0.15) is 23.4 Å². The quantitative estimate of drug-likeness (QED) is 0.907. The van der Waals surface area contributed by atoms with Gasteiger partial charge in [0.25, 0.3) is 5.91 Å². The summed E-state index contributed by atoms with van der Waals surface area (Å²) in [6.45, 7) is 3.37. The van der Waals surface area contributed by atoms with Gasteiger partial charge in [0.05, 0.1) is 0 Å². The molecule has 1 aromatic rings. The molecule has 2 fully saturated rings. The van der Waals surface area contributed by atoms with Crippen molar-refractivity contribution in [2.75, 3.05) is 19.6 Å². The van der Waals surface area contributed by atoms with Crippen LogP contribution in [-0.2, 0) is 0 Å². The number of carbonyl (C=O) groups is 1. The molecule has 0 aromatic carbocycles. The lowest BCUT2D eigenvalue weighted by Gasteiger charge is -2.30. The number of hydrogen-bond donors (Lipinski definition) is 1. The van der Waals surface area contributed by atoms with Gasteiger partial charge >= 0.3 is 0 Å². The topological polar surface area (TPSA) is 45.5 Å². The summed E-state index contributed by atoms with van der Waals surface area (Å²) in [5, 5.41) is 3.05. The maximum atomic E-state index is 11.9. The van der Waals surface area contributed by atoms with Crippen molar-refractivity contribution in [1.29, 1.82) is 0 Å². The molecule has 1 amide bonds. The number of nitrogens with one attached hydrogen (secondary N) is 1. The molecule has 17 heavy (non-hydrogen) atoms. The van der Waals surface area contributed by atoms with Gasteiger partial charge in [-0.2, -0.15) is 0 Å². The SMILES string of the molecule is O=C(N[C@@H]1C[C@@H]2CCN(C2)C1)c1ccc(Br)o1. The molecule has 3 atom stereocenters. The third-order valence-corrected chi connectivity index (χ3v) is 4.02. The van der Waals surface area contributed by atoms with E-state index in [1.54, 1.807) is 12.1 Å². The summed E-state index contributed by atoms with van der Waals surface area (Å²) in [5.74, 6) is 1.03. The highest BCUT2D eigenvalue weighted by atomic mass is 79.9. The summed E-state index contributed by atoms with van der Waals surface area (Å²) in [5.41, 5.74) is 0. The van der Waals surface area contributed by atoms with Crippen molar-refractivity contribution in [3.05, 3.63) is 22.6 Å². The maximum Gasteiger partial charge on any atom is 0.287 e. The Labute approximate surface area is 108 Å². The molecule has 2 aliphatic rings. The fourth-order valence-electron chi connectivity index (χ4n) is 2.86. The second-order valence-corrected chi connectivity index (χ2v) is 5.71. The van der Waals surface area contributed by atoms with Gasteiger partial charge in [-0.15, -0.1) is 0 Å². The molecular formula is C12H15BrN2O2. The number of carbonyl (C=O) groups excluding carboxylic acids is 1. The summed E-state index contributed by atoms with van der Waals surface area (Å²) in [6.07, 6.45) is 2.38. The number of amides is 1. The van der Waals surface area contributed by atoms with Crippen molar-refractivity contribution in [2.45, 2.75) is 18.9 Å². The minimum Gasteiger partial charge on any atom is -0.444 e. The van der Waals surface area contributed by atoms with Gasteiger partial charge in [0.15, 0.2) is 10.4 Å². The minimum absolute atomic E-state index is 0.108. The van der Waals surface area contributed by atoms with E-state index >= 15 is 0 Å². The second-order valence-electron chi connectivity index (χ2n) is 4.92. The zero-order valence-electron chi connectivity index (χ0n) is 9.49. The average Bonchev–Trinajstić information content (AvgIpc) is 2.85. The second kappa shape index (κ2) is 4.46. The monoisotopic (exact) mass is 298 g/mol. The third-order valence-electron chi connectivity index (χ3n) is 3.60. The van der Waals surface area contributed by atoms with E-state index in [4.69, 9.17) is 4.42 Å². The fraction of sp³-hybridized carbons (Fsp3) is 0.583. The lowest BCUT2D eigenvalue weighted by molar-refractivity contribution is 0.0880. The van der Waals surface area contributed by atoms with E-state index in [1.807, 2.05) is 0 Å². The Balaban J connectivity index is 1.62. The molecule has 3 rings (SSSR count). The number of furan rings is 1. The number of halogens is 1. The highest BCUT2D eigenvalue weighted by Crippen LogP contribution is 2.27. The van der Waals surface area contributed by atoms with Gasteiger partial charge in [-0.3, -0.25) is 4.79 Å². The van der Waals surface area contributed by atoms with Crippen LogP contribution < -0.4 is 5.32 Å². The summed E-state index contributed by atoms with van der Waals surface area (Å²) >= 11 is 3.20. The van der Waals surface area contributed by atoms with Gasteiger partial charge in [-0.25, -0.2) is 0 Å². The molecule has 3 heterocycles. The Kier molecular flexibility index (Phi) is 2.96. The number of hydrogen-bond acceptors (Lipinski definition) is 3. The molecule has 2 bridgehead atoms. The van der Waals surface area contributed by atoms with Crippen LogP contribution in [0.2, 0.25) is 0 Å². The van der Waals surface area contributed by atoms with Crippen LogP contribution in [0.3, 0.4) is 0 Å². The first-order chi connectivity index (χ1) is 8.20. The smallest absolute Gasteiger partial charge is 0.287 e. The van der Waals surface area contributed by atoms with Crippen molar-refractivity contribution in [1.82, 2.24) is 10.2 Å². The zero-order chi connectivity index (χ0) is 11.8. The first kappa shape index (κ1) is 11.3. The lowest BCUT2D eigenvalue weighted by Crippen LogP contribution is -2.46. The van der Waals surface area contributed by atoms with Gasteiger partial charge in [0, 0.05) is 19.1 Å². The van der Waals surface area contributed by atoms with Crippen LogP contribution in [-0.4, -0.2) is 36.5 Å². The number of piperidine rings is 1. The maximum absolute atomic E-state index is 11.9. The molecule has 1 N–H and O–H groups in total. The molecule has 0 saturated carbocycles. The highest BCUT2D eigenvalue weighted by Gasteiger charge is 2.33. The average molecular weight is 299 g/mol. The summed E-state index contributed by atoms with van der Waals surface area (Å²) in [6, 6.07) is 3.70. The molecule has 0 aliphatic carbocycles. The van der Waals surface area contributed by atoms with Crippen LogP contribution in [0, 0.1) is 5.92 Å². The predicted molar refractivity (Wildman–Crippen MR) is 66.8 cm³/mol. The molecule has 92 valence electrons. The molecule has 2 aliphatic heterocycles. The molecule has 0 spiro atoms. The minimum atomic E-state index is -0.108. The molecule has 5 heteroatoms. The summed E-state index contributed by atoms with van der Waals surface area (Å²) in [7, 11) is 0. The largest absolute Gasteiger partial charge is 0.444 e. The summed E-state index contributed by atoms with van der Waals surface area (Å²) in [4.78, 5) is 14.3. The molecular weight excluding hydrogens is 284 g/mol. The Hall–Kier alpha value is -0.810. The Morgan fingerprint density at radius 2 is 2.35 bits per heavy atom. The lowest BCUT2D eigenvalue weighted by atomic mass is 9.97. The summed E-state index contributed by atoms with van der Waals surface area (Å²) < 4.78 is 5.84. The first-order valence-electron chi connectivity index (χ1n) is 5.99. The van der Waals surface area contributed by atoms with Crippen molar-refractivity contribution >= 4 is 21.8 Å². The number of rotatable bonds is 2. The molecule has 4 nitrogen and oxygen atoms in total. The van der Waals surface area contributed by atoms with Crippen LogP contribution in [0.25, 0.3) is 0 Å². The van der Waals surface area contributed by atoms with E-state index in [0.717, 1.165) is 18.9 Å². The van der Waals surface area contributed by atoms with E-state index in [-0.39, 0.29) is 11.9 Å². The van der Waals surface area contributed by atoms with Gasteiger partial charge in [0.1, 0.15) is 0 Å². The number of fused-ring (bicyclic) bond motifs is 2. The standard InChI is InChI=1S/C12H15BrN2O2/c13-11-2-1-10(17-11)12(16)14-9-5-8-3-4-15(6-8)7-9/h1-2,8-9H,3-7H2,(H,14,16)/t8-,9+/m0/s1. The third kappa shape index (κ3) is 2.40. The van der Waals surface area contributed by atoms with Crippen LogP contribution in [0.5, 0.6) is 0 Å². The van der Waals surface area contributed by atoms with Gasteiger partial charge < -0.3 is 14.6 Å². The van der Waals surface area contributed by atoms with E-state index in [0.29, 0.717) is 10.4 Å². The fourth-order valence-corrected chi connectivity index (χ4v) is 3.16. The van der Waals surface area contributed by atoms with E-state index in [2.05, 4.69) is 26.1 Å². The van der Waals surface area contributed by atoms with Crippen molar-refractivity contribution in [3.63, 3.8) is 0 Å². The first-order valence-corrected chi connectivity index (χ1v) is 6.78. The van der Waals surface area contributed by atoms with Gasteiger partial charge in [-0.1, -0.05) is 0 Å². The van der Waals surface area contributed by atoms with Crippen LogP contribution in [0.4, 0.5) is 0 Å². The molecule has 2 saturated heterocycles. The van der Waals surface area contributed by atoms with Gasteiger partial charge in [0.2, 0.25) is 0 Å². The van der Waals surface area contributed by atoms with Gasteiger partial charge in [-0.05, 0) is 53.4 Å². The number of nitrogens with zero attached hydrogens (tertiary/aromatic N) is 1. The highest BCUT2D eigenvalue weighted by molar-refractivity contribution is 9.10. The molecule has 0 radical (unpaired) electrons. The van der Waals surface area contributed by atoms with E-state index < -0.39 is 0 Å². The van der Waals surface area contributed by atoms with Crippen molar-refractivity contribution < 1.29 is 9.21 Å². The van der Waals surface area contributed by atoms with Crippen LogP contribution in [0.15, 0.2) is 21.2 Å². The Bertz CT molecular complexity index is 420. The van der Waals surface area contributed by atoms with E-state index in [1.165, 1.54) is 19.5 Å². The Morgan fingerprint density at radius 3 is 3.06 bits per heavy atom. The van der Waals surface area contributed by atoms with Crippen molar-refractivity contribution in [3.8, 4) is 0 Å². The van der Waals surface area contributed by atoms with E-state index in [9.17, 15) is 4.79 Å².